The maximum Gasteiger partial charge on any atom is 0.388 e. The van der Waals surface area contributed by atoms with E-state index in [1.54, 1.807) is 6.07 Å². The Kier molecular flexibility index (Phi) is 14.2. The predicted molar refractivity (Wildman–Crippen MR) is 198 cm³/mol. The van der Waals surface area contributed by atoms with Crippen molar-refractivity contribution >= 4 is 5.91 Å². The van der Waals surface area contributed by atoms with Gasteiger partial charge in [-0.05, 0) is 102 Å². The summed E-state index contributed by atoms with van der Waals surface area (Å²) in [7, 11) is 1.54. The Morgan fingerprint density at radius 2 is 1.51 bits per heavy atom. The van der Waals surface area contributed by atoms with Gasteiger partial charge in [0, 0.05) is 31.4 Å². The van der Waals surface area contributed by atoms with Crippen molar-refractivity contribution in [3.05, 3.63) is 89.6 Å². The Labute approximate surface area is 303 Å². The van der Waals surface area contributed by atoms with E-state index in [0.717, 1.165) is 76.1 Å². The molecule has 2 N–H and O–H groups in total. The van der Waals surface area contributed by atoms with Crippen molar-refractivity contribution < 1.29 is 23.0 Å². The van der Waals surface area contributed by atoms with Gasteiger partial charge in [-0.2, -0.15) is 8.78 Å². The summed E-state index contributed by atoms with van der Waals surface area (Å²) in [6, 6.07) is 22.9. The Morgan fingerprint density at radius 1 is 0.902 bits per heavy atom. The van der Waals surface area contributed by atoms with Crippen LogP contribution in [0.4, 0.5) is 8.78 Å². The van der Waals surface area contributed by atoms with Gasteiger partial charge in [-0.1, -0.05) is 79.9 Å². The van der Waals surface area contributed by atoms with Crippen LogP contribution in [0.25, 0.3) is 0 Å². The second-order valence-corrected chi connectivity index (χ2v) is 14.5. The average Bonchev–Trinajstić information content (AvgIpc) is 3.60. The van der Waals surface area contributed by atoms with Crippen LogP contribution >= 0.6 is 0 Å². The van der Waals surface area contributed by atoms with E-state index in [1.165, 1.54) is 39.0 Å². The number of piperidine rings is 1. The first-order valence-corrected chi connectivity index (χ1v) is 18.8. The minimum absolute atomic E-state index is 0.0591. The van der Waals surface area contributed by atoms with Crippen molar-refractivity contribution in [1.29, 1.82) is 0 Å². The van der Waals surface area contributed by atoms with Gasteiger partial charge in [0.15, 0.2) is 0 Å². The van der Waals surface area contributed by atoms with Crippen molar-refractivity contribution in [2.75, 3.05) is 46.4 Å². The molecule has 1 amide bonds. The van der Waals surface area contributed by atoms with Crippen molar-refractivity contribution in [3.63, 3.8) is 0 Å². The lowest BCUT2D eigenvalue weighted by molar-refractivity contribution is -0.123. The second kappa shape index (κ2) is 18.8. The van der Waals surface area contributed by atoms with E-state index < -0.39 is 12.0 Å². The van der Waals surface area contributed by atoms with E-state index in [1.807, 2.05) is 36.4 Å². The number of ether oxygens (including phenoxy) is 2. The third-order valence-corrected chi connectivity index (χ3v) is 11.1. The van der Waals surface area contributed by atoms with Crippen LogP contribution in [-0.2, 0) is 16.8 Å². The molecule has 278 valence electrons. The van der Waals surface area contributed by atoms with E-state index in [4.69, 9.17) is 15.2 Å². The standard InChI is InChI=1S/C41H57F2N5O3/c1-31(2)48(35-21-27-47(28-22-35)30-36-37(50-3)19-23-45-38(36)51-40(42)43)25-14-6-4-5-13-24-46-26-20-34(29-46)41(39(44)49,32-15-9-7-10-16-32)33-17-11-8-12-18-33/h7-12,15-19,23,31,34-35,40H,4-6,13-14,20-22,24-30H2,1-3H3,(H2,44,49)/t34-/m1/s1. The molecular formula is C41H57F2N5O3. The van der Waals surface area contributed by atoms with E-state index in [0.29, 0.717) is 29.9 Å². The molecule has 1 aromatic heterocycles. The first-order chi connectivity index (χ1) is 24.7. The molecule has 2 aromatic carbocycles. The monoisotopic (exact) mass is 705 g/mol. The molecule has 51 heavy (non-hydrogen) atoms. The molecule has 2 aliphatic rings. The number of methoxy groups -OCH3 is 1. The summed E-state index contributed by atoms with van der Waals surface area (Å²) in [5.74, 6) is 0.321. The zero-order valence-electron chi connectivity index (χ0n) is 30.7. The molecule has 2 saturated heterocycles. The quantitative estimate of drug-likeness (QED) is 0.133. The number of nitrogens with two attached hydrogens (primary N) is 1. The minimum atomic E-state index is -2.93. The molecule has 2 fully saturated rings. The number of likely N-dealkylation sites (tertiary alicyclic amines) is 2. The van der Waals surface area contributed by atoms with Gasteiger partial charge in [0.2, 0.25) is 11.8 Å². The number of aromatic nitrogens is 1. The summed E-state index contributed by atoms with van der Waals surface area (Å²) < 4.78 is 36.2. The number of hydrogen-bond acceptors (Lipinski definition) is 7. The van der Waals surface area contributed by atoms with Gasteiger partial charge >= 0.3 is 6.61 Å². The highest BCUT2D eigenvalue weighted by Crippen LogP contribution is 2.43. The third-order valence-electron chi connectivity index (χ3n) is 11.1. The fourth-order valence-corrected chi connectivity index (χ4v) is 8.55. The molecule has 0 aliphatic carbocycles. The SMILES string of the molecule is COc1ccnc(OC(F)F)c1CN1CCC(N(CCCCCCCN2CC[C@@H](C(C(N)=O)(c3ccccc3)c3ccccc3)C2)C(C)C)CC1. The van der Waals surface area contributed by atoms with Crippen LogP contribution in [0.3, 0.4) is 0 Å². The van der Waals surface area contributed by atoms with Crippen molar-refractivity contribution in [3.8, 4) is 11.6 Å². The number of nitrogens with zero attached hydrogens (tertiary/aromatic N) is 4. The first kappa shape index (κ1) is 38.6. The number of pyridine rings is 1. The third kappa shape index (κ3) is 9.64. The molecule has 0 unspecified atom stereocenters. The Bertz CT molecular complexity index is 1450. The Hall–Kier alpha value is -3.60. The van der Waals surface area contributed by atoms with Crippen LogP contribution < -0.4 is 15.2 Å². The topological polar surface area (TPSA) is 84.2 Å². The molecule has 10 heteroatoms. The molecule has 1 atom stereocenters. The number of primary amides is 1. The van der Waals surface area contributed by atoms with Gasteiger partial charge in [-0.25, -0.2) is 4.98 Å². The molecule has 8 nitrogen and oxygen atoms in total. The highest BCUT2D eigenvalue weighted by Gasteiger charge is 2.49. The average molecular weight is 706 g/mol. The molecule has 0 spiro atoms. The minimum Gasteiger partial charge on any atom is -0.496 e. The molecular weight excluding hydrogens is 648 g/mol. The summed E-state index contributed by atoms with van der Waals surface area (Å²) in [6.07, 6.45) is 10.4. The summed E-state index contributed by atoms with van der Waals surface area (Å²) in [6.45, 7) is 7.87. The Morgan fingerprint density at radius 3 is 2.10 bits per heavy atom. The maximum atomic E-state index is 13.4. The number of hydrogen-bond donors (Lipinski definition) is 1. The van der Waals surface area contributed by atoms with Crippen LogP contribution in [0.15, 0.2) is 72.9 Å². The zero-order chi connectivity index (χ0) is 36.2. The highest BCUT2D eigenvalue weighted by atomic mass is 19.3. The first-order valence-electron chi connectivity index (χ1n) is 18.8. The molecule has 0 bridgehead atoms. The lowest BCUT2D eigenvalue weighted by atomic mass is 9.64. The lowest BCUT2D eigenvalue weighted by Crippen LogP contribution is -2.49. The second-order valence-electron chi connectivity index (χ2n) is 14.5. The number of carbonyl (C=O) groups is 1. The van der Waals surface area contributed by atoms with Crippen LogP contribution in [0.2, 0.25) is 0 Å². The van der Waals surface area contributed by atoms with E-state index in [-0.39, 0.29) is 17.7 Å². The summed E-state index contributed by atoms with van der Waals surface area (Å²) in [5, 5.41) is 0. The van der Waals surface area contributed by atoms with Crippen LogP contribution in [0, 0.1) is 5.92 Å². The van der Waals surface area contributed by atoms with Crippen LogP contribution in [0.5, 0.6) is 11.6 Å². The van der Waals surface area contributed by atoms with Gasteiger partial charge in [-0.15, -0.1) is 0 Å². The largest absolute Gasteiger partial charge is 0.496 e. The van der Waals surface area contributed by atoms with E-state index in [2.05, 4.69) is 57.8 Å². The number of carbonyl (C=O) groups excluding carboxylic acids is 1. The summed E-state index contributed by atoms with van der Waals surface area (Å²) >= 11 is 0. The van der Waals surface area contributed by atoms with Crippen molar-refractivity contribution in [2.45, 2.75) is 95.9 Å². The predicted octanol–water partition coefficient (Wildman–Crippen LogP) is 7.11. The highest BCUT2D eigenvalue weighted by molar-refractivity contribution is 5.91. The number of unbranched alkanes of at least 4 members (excludes halogenated alkanes) is 4. The number of rotatable bonds is 19. The van der Waals surface area contributed by atoms with Crippen LogP contribution in [-0.4, -0.2) is 90.7 Å². The molecule has 5 rings (SSSR count). The fraction of sp³-hybridized carbons (Fsp3) is 0.561. The van der Waals surface area contributed by atoms with Gasteiger partial charge in [0.25, 0.3) is 0 Å². The van der Waals surface area contributed by atoms with Gasteiger partial charge in [-0.3, -0.25) is 14.6 Å². The molecule has 2 aliphatic heterocycles. The summed E-state index contributed by atoms with van der Waals surface area (Å²) in [5.41, 5.74) is 7.99. The Balaban J connectivity index is 1.04. The van der Waals surface area contributed by atoms with E-state index >= 15 is 0 Å². The maximum absolute atomic E-state index is 13.4. The molecule has 0 saturated carbocycles. The molecule has 3 aromatic rings. The van der Waals surface area contributed by atoms with Crippen molar-refractivity contribution in [1.82, 2.24) is 19.7 Å². The lowest BCUT2D eigenvalue weighted by Gasteiger charge is -2.41. The fourth-order valence-electron chi connectivity index (χ4n) is 8.55. The number of amides is 1. The van der Waals surface area contributed by atoms with Gasteiger partial charge < -0.3 is 20.1 Å². The summed E-state index contributed by atoms with van der Waals surface area (Å²) in [4.78, 5) is 24.9. The van der Waals surface area contributed by atoms with Gasteiger partial charge in [0.1, 0.15) is 11.2 Å². The number of alkyl halides is 2. The van der Waals surface area contributed by atoms with Crippen molar-refractivity contribution in [2.24, 2.45) is 11.7 Å². The smallest absolute Gasteiger partial charge is 0.388 e. The molecule has 0 radical (unpaired) electrons. The van der Waals surface area contributed by atoms with Gasteiger partial charge in [0.05, 0.1) is 12.7 Å². The molecule has 3 heterocycles. The number of halogens is 2. The van der Waals surface area contributed by atoms with E-state index in [9.17, 15) is 13.6 Å². The zero-order valence-corrected chi connectivity index (χ0v) is 30.7. The normalized spacial score (nSPS) is 17.8. The van der Waals surface area contributed by atoms with Crippen LogP contribution in [0.1, 0.15) is 81.9 Å². The number of benzene rings is 2.